The molecule has 0 bridgehead atoms. The van der Waals surface area contributed by atoms with Crippen LogP contribution in [0.4, 0.5) is 0 Å². The summed E-state index contributed by atoms with van der Waals surface area (Å²) in [6, 6.07) is 10.4. The largest absolute Gasteiger partial charge is 0.395 e. The third-order valence-electron chi connectivity index (χ3n) is 6.87. The van der Waals surface area contributed by atoms with E-state index < -0.39 is 10.0 Å². The SMILES string of the molecule is CCS(=O)(=O)N1CC2(C1)[C@H](c1ccccc1)[C@H](CO)N2CC1CCCC1. The Kier molecular flexibility index (Phi) is 4.88. The highest BCUT2D eigenvalue weighted by atomic mass is 32.2. The van der Waals surface area contributed by atoms with Gasteiger partial charge in [-0.1, -0.05) is 43.2 Å². The van der Waals surface area contributed by atoms with Crippen molar-refractivity contribution in [3.05, 3.63) is 35.9 Å². The van der Waals surface area contributed by atoms with Crippen LogP contribution in [0.5, 0.6) is 0 Å². The third kappa shape index (κ3) is 2.82. The first-order valence-corrected chi connectivity index (χ1v) is 11.5. The quantitative estimate of drug-likeness (QED) is 0.823. The maximum Gasteiger partial charge on any atom is 0.213 e. The summed E-state index contributed by atoms with van der Waals surface area (Å²) in [7, 11) is -3.15. The third-order valence-corrected chi connectivity index (χ3v) is 8.64. The predicted octanol–water partition coefficient (Wildman–Crippen LogP) is 2.04. The maximum absolute atomic E-state index is 12.3. The standard InChI is InChI=1S/C20H30N2O3S/c1-2-26(24,25)21-14-20(15-21)19(17-10-4-3-5-11-17)18(13-23)22(20)12-16-8-6-7-9-16/h3-5,10-11,16,18-19,23H,2,6-9,12-15H2,1H3/t18-,19+/m0/s1. The van der Waals surface area contributed by atoms with Gasteiger partial charge < -0.3 is 5.11 Å². The van der Waals surface area contributed by atoms with Gasteiger partial charge in [-0.2, -0.15) is 4.31 Å². The Labute approximate surface area is 157 Å². The van der Waals surface area contributed by atoms with Crippen molar-refractivity contribution in [2.75, 3.05) is 32.0 Å². The summed E-state index contributed by atoms with van der Waals surface area (Å²) in [5.41, 5.74) is 1.09. The van der Waals surface area contributed by atoms with Crippen molar-refractivity contribution >= 4 is 10.0 Å². The van der Waals surface area contributed by atoms with E-state index in [0.29, 0.717) is 19.0 Å². The van der Waals surface area contributed by atoms with Crippen molar-refractivity contribution in [3.63, 3.8) is 0 Å². The van der Waals surface area contributed by atoms with Crippen molar-refractivity contribution in [3.8, 4) is 0 Å². The van der Waals surface area contributed by atoms with Crippen LogP contribution in [0.2, 0.25) is 0 Å². The van der Waals surface area contributed by atoms with Gasteiger partial charge in [0, 0.05) is 31.6 Å². The van der Waals surface area contributed by atoms with E-state index in [1.165, 1.54) is 31.2 Å². The smallest absolute Gasteiger partial charge is 0.213 e. The maximum atomic E-state index is 12.3. The molecular formula is C20H30N2O3S. The number of hydrogen-bond donors (Lipinski definition) is 1. The van der Waals surface area contributed by atoms with Crippen LogP contribution in [0.15, 0.2) is 30.3 Å². The fraction of sp³-hybridized carbons (Fsp3) is 0.700. The first-order chi connectivity index (χ1) is 12.5. The number of sulfonamides is 1. The summed E-state index contributed by atoms with van der Waals surface area (Å²) < 4.78 is 26.3. The van der Waals surface area contributed by atoms with Gasteiger partial charge in [-0.15, -0.1) is 0 Å². The Hall–Kier alpha value is -0.950. The first kappa shape index (κ1) is 18.4. The van der Waals surface area contributed by atoms with Gasteiger partial charge >= 0.3 is 0 Å². The molecule has 1 N–H and O–H groups in total. The summed E-state index contributed by atoms with van der Waals surface area (Å²) in [4.78, 5) is 2.45. The normalized spacial score (nSPS) is 29.6. The van der Waals surface area contributed by atoms with Crippen LogP contribution in [-0.4, -0.2) is 66.3 Å². The molecule has 26 heavy (non-hydrogen) atoms. The van der Waals surface area contributed by atoms with E-state index in [4.69, 9.17) is 0 Å². The fourth-order valence-electron chi connectivity index (χ4n) is 5.47. The highest BCUT2D eigenvalue weighted by Crippen LogP contribution is 2.55. The molecule has 4 rings (SSSR count). The Morgan fingerprint density at radius 3 is 2.38 bits per heavy atom. The minimum atomic E-state index is -3.15. The second kappa shape index (κ2) is 6.89. The van der Waals surface area contributed by atoms with Crippen molar-refractivity contribution in [1.29, 1.82) is 0 Å². The minimum absolute atomic E-state index is 0.101. The van der Waals surface area contributed by atoms with Gasteiger partial charge in [0.05, 0.1) is 17.9 Å². The molecule has 0 unspecified atom stereocenters. The van der Waals surface area contributed by atoms with Gasteiger partial charge in [0.25, 0.3) is 0 Å². The van der Waals surface area contributed by atoms with Crippen LogP contribution in [0.1, 0.15) is 44.1 Å². The molecule has 1 aliphatic carbocycles. The molecule has 1 saturated carbocycles. The summed E-state index contributed by atoms with van der Waals surface area (Å²) >= 11 is 0. The highest BCUT2D eigenvalue weighted by Gasteiger charge is 2.67. The first-order valence-electron chi connectivity index (χ1n) is 9.92. The molecular weight excluding hydrogens is 348 g/mol. The summed E-state index contributed by atoms with van der Waals surface area (Å²) in [5.74, 6) is 1.05. The van der Waals surface area contributed by atoms with Gasteiger partial charge in [-0.3, -0.25) is 4.90 Å². The number of benzene rings is 1. The summed E-state index contributed by atoms with van der Waals surface area (Å²) in [5, 5.41) is 10.1. The van der Waals surface area contributed by atoms with Crippen molar-refractivity contribution < 1.29 is 13.5 Å². The van der Waals surface area contributed by atoms with Gasteiger partial charge in [0.1, 0.15) is 0 Å². The van der Waals surface area contributed by atoms with E-state index >= 15 is 0 Å². The molecule has 5 nitrogen and oxygen atoms in total. The van der Waals surface area contributed by atoms with Gasteiger partial charge in [0.2, 0.25) is 10.0 Å². The lowest BCUT2D eigenvalue weighted by Gasteiger charge is -2.70. The number of aliphatic hydroxyl groups excluding tert-OH is 1. The average Bonchev–Trinajstić information content (AvgIpc) is 3.11. The second-order valence-electron chi connectivity index (χ2n) is 8.21. The Morgan fingerprint density at radius 2 is 1.81 bits per heavy atom. The van der Waals surface area contributed by atoms with E-state index in [-0.39, 0.29) is 29.9 Å². The van der Waals surface area contributed by atoms with Crippen molar-refractivity contribution in [2.45, 2.75) is 50.1 Å². The van der Waals surface area contributed by atoms with Crippen LogP contribution in [0.3, 0.4) is 0 Å². The number of rotatable bonds is 6. The number of aliphatic hydroxyl groups is 1. The Bertz CT molecular complexity index is 725. The molecule has 2 aliphatic heterocycles. The van der Waals surface area contributed by atoms with Crippen LogP contribution in [-0.2, 0) is 10.0 Å². The van der Waals surface area contributed by atoms with Crippen molar-refractivity contribution in [2.24, 2.45) is 5.92 Å². The van der Waals surface area contributed by atoms with Crippen molar-refractivity contribution in [1.82, 2.24) is 9.21 Å². The lowest BCUT2D eigenvalue weighted by atomic mass is 9.61. The molecule has 1 aromatic rings. The highest BCUT2D eigenvalue weighted by molar-refractivity contribution is 7.89. The second-order valence-corrected chi connectivity index (χ2v) is 10.5. The molecule has 2 heterocycles. The number of likely N-dealkylation sites (tertiary alicyclic amines) is 1. The predicted molar refractivity (Wildman–Crippen MR) is 102 cm³/mol. The molecule has 2 atom stereocenters. The fourth-order valence-corrected chi connectivity index (χ4v) is 6.68. The van der Waals surface area contributed by atoms with E-state index in [1.807, 2.05) is 18.2 Å². The molecule has 3 aliphatic rings. The molecule has 1 aromatic carbocycles. The molecule has 3 fully saturated rings. The number of nitrogens with zero attached hydrogens (tertiary/aromatic N) is 2. The van der Waals surface area contributed by atoms with E-state index in [1.54, 1.807) is 11.2 Å². The molecule has 0 amide bonds. The average molecular weight is 379 g/mol. The summed E-state index contributed by atoms with van der Waals surface area (Å²) in [6.45, 7) is 3.96. The van der Waals surface area contributed by atoms with Crippen LogP contribution >= 0.6 is 0 Å². The zero-order valence-electron chi connectivity index (χ0n) is 15.5. The number of hydrogen-bond acceptors (Lipinski definition) is 4. The van der Waals surface area contributed by atoms with Crippen LogP contribution in [0, 0.1) is 5.92 Å². The van der Waals surface area contributed by atoms with E-state index in [2.05, 4.69) is 17.0 Å². The monoisotopic (exact) mass is 378 g/mol. The molecule has 144 valence electrons. The molecule has 1 spiro atoms. The molecule has 6 heteroatoms. The van der Waals surface area contributed by atoms with E-state index in [9.17, 15) is 13.5 Å². The van der Waals surface area contributed by atoms with Gasteiger partial charge in [0.15, 0.2) is 0 Å². The molecule has 0 aromatic heterocycles. The molecule has 0 radical (unpaired) electrons. The van der Waals surface area contributed by atoms with Gasteiger partial charge in [-0.25, -0.2) is 8.42 Å². The molecule has 2 saturated heterocycles. The van der Waals surface area contributed by atoms with Gasteiger partial charge in [-0.05, 0) is 31.2 Å². The Morgan fingerprint density at radius 1 is 1.15 bits per heavy atom. The Balaban J connectivity index is 1.61. The zero-order valence-corrected chi connectivity index (χ0v) is 16.4. The van der Waals surface area contributed by atoms with Crippen LogP contribution < -0.4 is 0 Å². The lowest BCUT2D eigenvalue weighted by Crippen LogP contribution is -2.85. The lowest BCUT2D eigenvalue weighted by molar-refractivity contribution is -0.175. The minimum Gasteiger partial charge on any atom is -0.395 e. The topological polar surface area (TPSA) is 60.9 Å². The van der Waals surface area contributed by atoms with Crippen LogP contribution in [0.25, 0.3) is 0 Å². The summed E-state index contributed by atoms with van der Waals surface area (Å²) in [6.07, 6.45) is 5.12. The van der Waals surface area contributed by atoms with E-state index in [0.717, 1.165) is 6.54 Å². The zero-order chi connectivity index (χ0) is 18.4.